The summed E-state index contributed by atoms with van der Waals surface area (Å²) < 4.78 is 0. The predicted octanol–water partition coefficient (Wildman–Crippen LogP) is 2.21. The molecule has 14 heavy (non-hydrogen) atoms. The minimum absolute atomic E-state index is 0.0572. The molecule has 0 saturated heterocycles. The Morgan fingerprint density at radius 3 is 2.50 bits per heavy atom. The van der Waals surface area contributed by atoms with Crippen molar-refractivity contribution >= 4 is 5.97 Å². The Morgan fingerprint density at radius 2 is 2.07 bits per heavy atom. The summed E-state index contributed by atoms with van der Waals surface area (Å²) in [5.41, 5.74) is 1.50. The number of carboxylic acids is 1. The number of rotatable bonds is 3. The smallest absolute Gasteiger partial charge is 0.312 e. The maximum atomic E-state index is 11.0. The number of aryl methyl sites for hydroxylation is 1. The number of hydrogen-bond donors (Lipinski definition) is 1. The van der Waals surface area contributed by atoms with Gasteiger partial charge in [-0.1, -0.05) is 19.9 Å². The maximum absolute atomic E-state index is 11.0. The zero-order valence-corrected chi connectivity index (χ0v) is 8.69. The van der Waals surface area contributed by atoms with E-state index in [-0.39, 0.29) is 5.92 Å². The van der Waals surface area contributed by atoms with Gasteiger partial charge in [0.25, 0.3) is 0 Å². The van der Waals surface area contributed by atoms with Crippen LogP contribution in [-0.2, 0) is 4.79 Å². The minimum atomic E-state index is -0.807. The standard InChI is InChI=1S/C11H15NO2/c1-7(2)10(11(13)14)9-6-4-5-8(3)12-9/h4-7,10H,1-3H3,(H,13,14). The largest absolute Gasteiger partial charge is 0.481 e. The van der Waals surface area contributed by atoms with Gasteiger partial charge in [0.15, 0.2) is 0 Å². The molecule has 1 unspecified atom stereocenters. The Kier molecular flexibility index (Phi) is 3.23. The summed E-state index contributed by atoms with van der Waals surface area (Å²) in [4.78, 5) is 15.2. The SMILES string of the molecule is Cc1cccc(C(C(=O)O)C(C)C)n1. The molecule has 1 heterocycles. The molecule has 1 rings (SSSR count). The quantitative estimate of drug-likeness (QED) is 0.800. The lowest BCUT2D eigenvalue weighted by Gasteiger charge is -2.15. The molecule has 0 amide bonds. The van der Waals surface area contributed by atoms with Crippen LogP contribution in [-0.4, -0.2) is 16.1 Å². The third kappa shape index (κ3) is 2.31. The van der Waals surface area contributed by atoms with Crippen molar-refractivity contribution in [2.45, 2.75) is 26.7 Å². The van der Waals surface area contributed by atoms with E-state index in [0.717, 1.165) is 5.69 Å². The van der Waals surface area contributed by atoms with Crippen LogP contribution in [0.2, 0.25) is 0 Å². The average molecular weight is 193 g/mol. The van der Waals surface area contributed by atoms with Gasteiger partial charge in [0, 0.05) is 5.69 Å². The molecule has 3 nitrogen and oxygen atoms in total. The first kappa shape index (κ1) is 10.7. The topological polar surface area (TPSA) is 50.2 Å². The monoisotopic (exact) mass is 193 g/mol. The summed E-state index contributed by atoms with van der Waals surface area (Å²) in [6, 6.07) is 5.48. The Bertz CT molecular complexity index is 334. The van der Waals surface area contributed by atoms with Gasteiger partial charge in [-0.25, -0.2) is 0 Å². The fourth-order valence-electron chi connectivity index (χ4n) is 1.49. The number of carboxylic acid groups (broad SMARTS) is 1. The number of aromatic nitrogens is 1. The third-order valence-corrected chi connectivity index (χ3v) is 2.16. The van der Waals surface area contributed by atoms with Crippen LogP contribution >= 0.6 is 0 Å². The van der Waals surface area contributed by atoms with E-state index in [2.05, 4.69) is 4.98 Å². The van der Waals surface area contributed by atoms with Crippen molar-refractivity contribution in [2.24, 2.45) is 5.92 Å². The van der Waals surface area contributed by atoms with E-state index in [1.165, 1.54) is 0 Å². The Balaban J connectivity index is 3.05. The molecule has 0 aliphatic heterocycles. The van der Waals surface area contributed by atoms with E-state index in [1.54, 1.807) is 6.07 Å². The van der Waals surface area contributed by atoms with Crippen molar-refractivity contribution in [1.29, 1.82) is 0 Å². The van der Waals surface area contributed by atoms with Gasteiger partial charge >= 0.3 is 5.97 Å². The molecule has 0 aliphatic carbocycles. The molecule has 0 aliphatic rings. The fourth-order valence-corrected chi connectivity index (χ4v) is 1.49. The van der Waals surface area contributed by atoms with Gasteiger partial charge < -0.3 is 5.11 Å². The summed E-state index contributed by atoms with van der Waals surface area (Å²) in [6.45, 7) is 5.65. The first-order valence-corrected chi connectivity index (χ1v) is 4.68. The van der Waals surface area contributed by atoms with Gasteiger partial charge in [0.1, 0.15) is 5.92 Å². The zero-order chi connectivity index (χ0) is 10.7. The molecule has 0 spiro atoms. The summed E-state index contributed by atoms with van der Waals surface area (Å²) in [5, 5.41) is 9.05. The van der Waals surface area contributed by atoms with Crippen molar-refractivity contribution in [3.63, 3.8) is 0 Å². The second kappa shape index (κ2) is 4.22. The molecule has 1 aromatic rings. The van der Waals surface area contributed by atoms with Crippen LogP contribution in [0, 0.1) is 12.8 Å². The maximum Gasteiger partial charge on any atom is 0.312 e. The summed E-state index contributed by atoms with van der Waals surface area (Å²) in [7, 11) is 0. The van der Waals surface area contributed by atoms with Crippen LogP contribution in [0.1, 0.15) is 31.2 Å². The van der Waals surface area contributed by atoms with Crippen molar-refractivity contribution in [3.8, 4) is 0 Å². The Morgan fingerprint density at radius 1 is 1.43 bits per heavy atom. The summed E-state index contributed by atoms with van der Waals surface area (Å²) in [5.74, 6) is -1.25. The van der Waals surface area contributed by atoms with Crippen LogP contribution in [0.25, 0.3) is 0 Å². The van der Waals surface area contributed by atoms with E-state index < -0.39 is 11.9 Å². The Labute approximate surface area is 83.8 Å². The highest BCUT2D eigenvalue weighted by Gasteiger charge is 2.24. The number of hydrogen-bond acceptors (Lipinski definition) is 2. The van der Waals surface area contributed by atoms with Gasteiger partial charge in [-0.15, -0.1) is 0 Å². The van der Waals surface area contributed by atoms with Crippen molar-refractivity contribution < 1.29 is 9.90 Å². The van der Waals surface area contributed by atoms with Gasteiger partial charge in [0.05, 0.1) is 5.69 Å². The molecular weight excluding hydrogens is 178 g/mol. The van der Waals surface area contributed by atoms with Crippen LogP contribution in [0.15, 0.2) is 18.2 Å². The molecule has 0 fully saturated rings. The normalized spacial score (nSPS) is 12.9. The molecule has 76 valence electrons. The average Bonchev–Trinajstić information content (AvgIpc) is 2.02. The molecule has 1 N–H and O–H groups in total. The first-order chi connectivity index (χ1) is 6.52. The van der Waals surface area contributed by atoms with E-state index in [0.29, 0.717) is 5.69 Å². The van der Waals surface area contributed by atoms with E-state index in [1.807, 2.05) is 32.9 Å². The van der Waals surface area contributed by atoms with Crippen LogP contribution in [0.5, 0.6) is 0 Å². The molecule has 0 bridgehead atoms. The lowest BCUT2D eigenvalue weighted by Crippen LogP contribution is -2.18. The van der Waals surface area contributed by atoms with Crippen LogP contribution in [0.3, 0.4) is 0 Å². The summed E-state index contributed by atoms with van der Waals surface area (Å²) in [6.07, 6.45) is 0. The highest BCUT2D eigenvalue weighted by atomic mass is 16.4. The van der Waals surface area contributed by atoms with Crippen molar-refractivity contribution in [1.82, 2.24) is 4.98 Å². The van der Waals surface area contributed by atoms with Crippen molar-refractivity contribution in [2.75, 3.05) is 0 Å². The zero-order valence-electron chi connectivity index (χ0n) is 8.69. The second-order valence-electron chi connectivity index (χ2n) is 3.76. The van der Waals surface area contributed by atoms with Gasteiger partial charge in [-0.05, 0) is 25.0 Å². The molecule has 3 heteroatoms. The van der Waals surface area contributed by atoms with Crippen LogP contribution in [0.4, 0.5) is 0 Å². The molecule has 0 aromatic carbocycles. The number of pyridine rings is 1. The highest BCUT2D eigenvalue weighted by Crippen LogP contribution is 2.22. The minimum Gasteiger partial charge on any atom is -0.481 e. The van der Waals surface area contributed by atoms with Gasteiger partial charge in [0.2, 0.25) is 0 Å². The molecule has 0 radical (unpaired) electrons. The van der Waals surface area contributed by atoms with E-state index in [9.17, 15) is 4.79 Å². The van der Waals surface area contributed by atoms with Gasteiger partial charge in [-0.3, -0.25) is 9.78 Å². The Hall–Kier alpha value is -1.38. The third-order valence-electron chi connectivity index (χ3n) is 2.16. The van der Waals surface area contributed by atoms with Crippen molar-refractivity contribution in [3.05, 3.63) is 29.6 Å². The van der Waals surface area contributed by atoms with E-state index >= 15 is 0 Å². The molecule has 1 aromatic heterocycles. The van der Waals surface area contributed by atoms with Gasteiger partial charge in [-0.2, -0.15) is 0 Å². The fraction of sp³-hybridized carbons (Fsp3) is 0.455. The molecule has 1 atom stereocenters. The lowest BCUT2D eigenvalue weighted by atomic mass is 9.92. The first-order valence-electron chi connectivity index (χ1n) is 4.68. The second-order valence-corrected chi connectivity index (χ2v) is 3.76. The lowest BCUT2D eigenvalue weighted by molar-refractivity contribution is -0.140. The van der Waals surface area contributed by atoms with E-state index in [4.69, 9.17) is 5.11 Å². The highest BCUT2D eigenvalue weighted by molar-refractivity contribution is 5.75. The number of nitrogens with zero attached hydrogens (tertiary/aromatic N) is 1. The molecular formula is C11H15NO2. The van der Waals surface area contributed by atoms with Crippen LogP contribution < -0.4 is 0 Å². The number of aliphatic carboxylic acids is 1. The number of carbonyl (C=O) groups is 1. The predicted molar refractivity (Wildman–Crippen MR) is 54.2 cm³/mol. The summed E-state index contributed by atoms with van der Waals surface area (Å²) >= 11 is 0. The molecule has 0 saturated carbocycles.